The molecule has 94 valence electrons. The lowest BCUT2D eigenvalue weighted by molar-refractivity contribution is -0.136. The number of hydrogen-bond donors (Lipinski definition) is 3. The molecule has 0 spiro atoms. The zero-order chi connectivity index (χ0) is 13.4. The lowest BCUT2D eigenvalue weighted by Gasteiger charge is -2.01. The van der Waals surface area contributed by atoms with Crippen molar-refractivity contribution in [3.05, 3.63) is 34.5 Å². The summed E-state index contributed by atoms with van der Waals surface area (Å²) in [5.74, 6) is -2.18. The second kappa shape index (κ2) is 4.18. The number of aromatic nitrogens is 1. The van der Waals surface area contributed by atoms with E-state index in [1.807, 2.05) is 19.9 Å². The summed E-state index contributed by atoms with van der Waals surface area (Å²) in [6.45, 7) is 3.80. The van der Waals surface area contributed by atoms with E-state index in [0.717, 1.165) is 11.1 Å². The van der Waals surface area contributed by atoms with E-state index >= 15 is 0 Å². The van der Waals surface area contributed by atoms with Gasteiger partial charge >= 0.3 is 11.9 Å². The van der Waals surface area contributed by atoms with E-state index in [1.165, 1.54) is 0 Å². The van der Waals surface area contributed by atoms with Gasteiger partial charge in [0, 0.05) is 16.5 Å². The van der Waals surface area contributed by atoms with Gasteiger partial charge in [-0.1, -0.05) is 12.1 Å². The van der Waals surface area contributed by atoms with Crippen LogP contribution in [0.3, 0.4) is 0 Å². The fourth-order valence-electron chi connectivity index (χ4n) is 2.08. The fraction of sp³-hybridized carbons (Fsp3) is 0.231. The summed E-state index contributed by atoms with van der Waals surface area (Å²) >= 11 is 0. The highest BCUT2D eigenvalue weighted by Gasteiger charge is 2.20. The first kappa shape index (κ1) is 12.2. The Balaban J connectivity index is 2.79. The van der Waals surface area contributed by atoms with Crippen LogP contribution in [-0.4, -0.2) is 27.1 Å². The number of carboxylic acids is 2. The van der Waals surface area contributed by atoms with Crippen LogP contribution in [0, 0.1) is 13.8 Å². The minimum Gasteiger partial charge on any atom is -0.481 e. The van der Waals surface area contributed by atoms with Gasteiger partial charge < -0.3 is 15.2 Å². The summed E-state index contributed by atoms with van der Waals surface area (Å²) in [5, 5.41) is 18.6. The number of hydrogen-bond acceptors (Lipinski definition) is 2. The molecule has 1 aromatic carbocycles. The Kier molecular flexibility index (Phi) is 2.82. The van der Waals surface area contributed by atoms with Gasteiger partial charge in [-0.05, 0) is 25.0 Å². The van der Waals surface area contributed by atoms with Crippen molar-refractivity contribution in [2.75, 3.05) is 0 Å². The van der Waals surface area contributed by atoms with Gasteiger partial charge in [0.2, 0.25) is 0 Å². The summed E-state index contributed by atoms with van der Waals surface area (Å²) in [5.41, 5.74) is 2.95. The summed E-state index contributed by atoms with van der Waals surface area (Å²) in [6, 6.07) is 3.63. The van der Waals surface area contributed by atoms with Crippen LogP contribution in [-0.2, 0) is 11.2 Å². The second-order valence-electron chi connectivity index (χ2n) is 4.28. The monoisotopic (exact) mass is 247 g/mol. The number of aliphatic carboxylic acids is 1. The number of H-pyrrole nitrogens is 1. The van der Waals surface area contributed by atoms with Crippen LogP contribution in [0.5, 0.6) is 0 Å². The van der Waals surface area contributed by atoms with Gasteiger partial charge in [0.05, 0.1) is 6.42 Å². The number of aryl methyl sites for hydroxylation is 2. The van der Waals surface area contributed by atoms with Crippen molar-refractivity contribution in [2.24, 2.45) is 0 Å². The molecule has 0 radical (unpaired) electrons. The Morgan fingerprint density at radius 1 is 1.22 bits per heavy atom. The van der Waals surface area contributed by atoms with Gasteiger partial charge in [0.1, 0.15) is 5.69 Å². The highest BCUT2D eigenvalue weighted by Crippen LogP contribution is 2.27. The molecule has 2 aromatic rings. The summed E-state index contributed by atoms with van der Waals surface area (Å²) in [7, 11) is 0. The van der Waals surface area contributed by atoms with Gasteiger partial charge in [-0.15, -0.1) is 0 Å². The molecular weight excluding hydrogens is 234 g/mol. The Morgan fingerprint density at radius 2 is 1.89 bits per heavy atom. The first-order chi connectivity index (χ1) is 8.41. The second-order valence-corrected chi connectivity index (χ2v) is 4.28. The first-order valence-corrected chi connectivity index (χ1v) is 5.47. The maximum Gasteiger partial charge on any atom is 0.352 e. The number of aromatic amines is 1. The maximum absolute atomic E-state index is 11.1. The van der Waals surface area contributed by atoms with Crippen molar-refractivity contribution in [1.82, 2.24) is 4.98 Å². The number of aromatic carboxylic acids is 1. The third kappa shape index (κ3) is 1.84. The highest BCUT2D eigenvalue weighted by molar-refractivity contribution is 6.00. The van der Waals surface area contributed by atoms with E-state index in [2.05, 4.69) is 4.98 Å². The number of benzene rings is 1. The molecule has 0 fully saturated rings. The molecule has 0 saturated heterocycles. The van der Waals surface area contributed by atoms with E-state index in [-0.39, 0.29) is 12.1 Å². The first-order valence-electron chi connectivity index (χ1n) is 5.47. The number of carboxylic acid groups (broad SMARTS) is 2. The van der Waals surface area contributed by atoms with Gasteiger partial charge in [0.25, 0.3) is 0 Å². The Labute approximate surface area is 103 Å². The lowest BCUT2D eigenvalue weighted by Crippen LogP contribution is -2.06. The zero-order valence-corrected chi connectivity index (χ0v) is 10.1. The van der Waals surface area contributed by atoms with E-state index in [4.69, 9.17) is 10.2 Å². The van der Waals surface area contributed by atoms with Crippen LogP contribution >= 0.6 is 0 Å². The average molecular weight is 247 g/mol. The Hall–Kier alpha value is -2.30. The molecular formula is C13H13NO4. The van der Waals surface area contributed by atoms with Crippen molar-refractivity contribution in [2.45, 2.75) is 20.3 Å². The van der Waals surface area contributed by atoms with Crippen LogP contribution in [0.2, 0.25) is 0 Å². The van der Waals surface area contributed by atoms with Crippen molar-refractivity contribution in [3.8, 4) is 0 Å². The molecule has 0 atom stereocenters. The number of fused-ring (bicyclic) bond motifs is 1. The standard InChI is InChI=1S/C13H13NO4/c1-6-3-4-8-9(5-10(15)16)12(13(17)18)14-11(8)7(6)2/h3-4,14H,5H2,1-2H3,(H,15,16)(H,17,18). The summed E-state index contributed by atoms with van der Waals surface area (Å²) in [6.07, 6.45) is -0.301. The predicted octanol–water partition coefficient (Wildman–Crippen LogP) is 2.11. The van der Waals surface area contributed by atoms with Crippen molar-refractivity contribution in [1.29, 1.82) is 0 Å². The molecule has 0 amide bonds. The van der Waals surface area contributed by atoms with Crippen molar-refractivity contribution >= 4 is 22.8 Å². The SMILES string of the molecule is Cc1ccc2c(CC(=O)O)c(C(=O)O)[nH]c2c1C. The Bertz CT molecular complexity index is 655. The average Bonchev–Trinajstić information content (AvgIpc) is 2.63. The zero-order valence-electron chi connectivity index (χ0n) is 10.1. The van der Waals surface area contributed by atoms with Crippen molar-refractivity contribution in [3.63, 3.8) is 0 Å². The molecule has 1 aromatic heterocycles. The molecule has 5 heteroatoms. The fourth-order valence-corrected chi connectivity index (χ4v) is 2.08. The summed E-state index contributed by atoms with van der Waals surface area (Å²) < 4.78 is 0. The van der Waals surface area contributed by atoms with Gasteiger partial charge in [-0.25, -0.2) is 4.79 Å². The number of rotatable bonds is 3. The van der Waals surface area contributed by atoms with E-state index < -0.39 is 11.9 Å². The quantitative estimate of drug-likeness (QED) is 0.774. The van der Waals surface area contributed by atoms with Gasteiger partial charge in [-0.3, -0.25) is 4.79 Å². The van der Waals surface area contributed by atoms with E-state index in [0.29, 0.717) is 16.5 Å². The molecule has 1 heterocycles. The third-order valence-electron chi connectivity index (χ3n) is 3.15. The highest BCUT2D eigenvalue weighted by atomic mass is 16.4. The molecule has 2 rings (SSSR count). The molecule has 0 aliphatic heterocycles. The van der Waals surface area contributed by atoms with Crippen LogP contribution in [0.15, 0.2) is 12.1 Å². The topological polar surface area (TPSA) is 90.4 Å². The van der Waals surface area contributed by atoms with Crippen LogP contribution in [0.25, 0.3) is 10.9 Å². The molecule has 3 N–H and O–H groups in total. The predicted molar refractivity (Wildman–Crippen MR) is 66.1 cm³/mol. The lowest BCUT2D eigenvalue weighted by atomic mass is 10.0. The maximum atomic E-state index is 11.1. The molecule has 0 aliphatic rings. The molecule has 0 aliphatic carbocycles. The largest absolute Gasteiger partial charge is 0.481 e. The van der Waals surface area contributed by atoms with Gasteiger partial charge in [-0.2, -0.15) is 0 Å². The minimum absolute atomic E-state index is 0.0406. The smallest absolute Gasteiger partial charge is 0.352 e. The summed E-state index contributed by atoms with van der Waals surface area (Å²) in [4.78, 5) is 24.8. The van der Waals surface area contributed by atoms with Crippen LogP contribution < -0.4 is 0 Å². The minimum atomic E-state index is -1.14. The number of nitrogens with one attached hydrogen (secondary N) is 1. The van der Waals surface area contributed by atoms with E-state index in [9.17, 15) is 9.59 Å². The molecule has 0 unspecified atom stereocenters. The molecule has 0 saturated carbocycles. The van der Waals surface area contributed by atoms with Crippen molar-refractivity contribution < 1.29 is 19.8 Å². The Morgan fingerprint density at radius 3 is 2.44 bits per heavy atom. The third-order valence-corrected chi connectivity index (χ3v) is 3.15. The van der Waals surface area contributed by atoms with Crippen LogP contribution in [0.1, 0.15) is 27.2 Å². The molecule has 18 heavy (non-hydrogen) atoms. The normalized spacial score (nSPS) is 10.8. The van der Waals surface area contributed by atoms with Gasteiger partial charge in [0.15, 0.2) is 0 Å². The van der Waals surface area contributed by atoms with Crippen LogP contribution in [0.4, 0.5) is 0 Å². The van der Waals surface area contributed by atoms with E-state index in [1.54, 1.807) is 6.07 Å². The molecule has 0 bridgehead atoms. The number of carbonyl (C=O) groups is 2. The molecule has 5 nitrogen and oxygen atoms in total.